The number of hydrogen-bond donors (Lipinski definition) is 2. The summed E-state index contributed by atoms with van der Waals surface area (Å²) in [4.78, 5) is 6.83. The lowest BCUT2D eigenvalue weighted by atomic mass is 10.1. The molecule has 2 aromatic rings. The molecule has 0 spiro atoms. The summed E-state index contributed by atoms with van der Waals surface area (Å²) < 4.78 is 0. The first-order valence-electron chi connectivity index (χ1n) is 6.51. The van der Waals surface area contributed by atoms with Crippen LogP contribution in [0.1, 0.15) is 26.9 Å². The average molecular weight is 326 g/mol. The van der Waals surface area contributed by atoms with Gasteiger partial charge in [-0.2, -0.15) is 11.8 Å². The molecule has 3 nitrogen and oxygen atoms in total. The van der Waals surface area contributed by atoms with Crippen molar-refractivity contribution in [1.29, 1.82) is 0 Å². The zero-order valence-electron chi connectivity index (χ0n) is 10.9. The minimum absolute atomic E-state index is 0.107. The molecule has 0 aliphatic carbocycles. The quantitative estimate of drug-likeness (QED) is 0.668. The van der Waals surface area contributed by atoms with E-state index >= 15 is 0 Å². The predicted octanol–water partition coefficient (Wildman–Crippen LogP) is 3.33. The van der Waals surface area contributed by atoms with Gasteiger partial charge in [-0.05, 0) is 41.9 Å². The summed E-state index contributed by atoms with van der Waals surface area (Å²) in [6.45, 7) is 0. The standard InChI is InChI=1S/C14H16ClN3S2/c15-11-7-17-3-1-9(11)5-12(18-16)14-6-10-8-19-4-2-13(10)20-14/h1,3,6-7,12,18H,2,4-5,8,16H2. The van der Waals surface area contributed by atoms with E-state index in [-0.39, 0.29) is 6.04 Å². The van der Waals surface area contributed by atoms with Crippen molar-refractivity contribution in [3.63, 3.8) is 0 Å². The van der Waals surface area contributed by atoms with Crippen LogP contribution < -0.4 is 11.3 Å². The van der Waals surface area contributed by atoms with Crippen LogP contribution in [0.2, 0.25) is 5.02 Å². The third-order valence-corrected chi connectivity index (χ3v) is 6.17. The fraction of sp³-hybridized carbons (Fsp3) is 0.357. The summed E-state index contributed by atoms with van der Waals surface area (Å²) in [5.74, 6) is 8.10. The second-order valence-corrected chi connectivity index (χ2v) is 7.47. The van der Waals surface area contributed by atoms with Crippen molar-refractivity contribution in [2.75, 3.05) is 5.75 Å². The monoisotopic (exact) mass is 325 g/mol. The fourth-order valence-corrected chi connectivity index (χ4v) is 5.01. The van der Waals surface area contributed by atoms with E-state index < -0.39 is 0 Å². The number of aromatic nitrogens is 1. The normalized spacial score (nSPS) is 15.9. The molecule has 3 heterocycles. The molecule has 106 valence electrons. The maximum Gasteiger partial charge on any atom is 0.0622 e. The van der Waals surface area contributed by atoms with Gasteiger partial charge in [-0.3, -0.25) is 16.3 Å². The number of thioether (sulfide) groups is 1. The van der Waals surface area contributed by atoms with Crippen LogP contribution in [0.25, 0.3) is 0 Å². The smallest absolute Gasteiger partial charge is 0.0622 e. The molecule has 20 heavy (non-hydrogen) atoms. The zero-order valence-corrected chi connectivity index (χ0v) is 13.3. The van der Waals surface area contributed by atoms with Gasteiger partial charge in [0.2, 0.25) is 0 Å². The third-order valence-electron chi connectivity index (χ3n) is 3.47. The molecule has 1 atom stereocenters. The van der Waals surface area contributed by atoms with Crippen molar-refractivity contribution in [2.24, 2.45) is 5.84 Å². The Kier molecular flexibility index (Phi) is 4.63. The molecule has 1 aliphatic rings. The highest BCUT2D eigenvalue weighted by Gasteiger charge is 2.19. The SMILES string of the molecule is NNC(Cc1ccncc1Cl)c1cc2c(s1)CCSC2. The number of hydrazine groups is 1. The van der Waals surface area contributed by atoms with Crippen LogP contribution in [-0.2, 0) is 18.6 Å². The van der Waals surface area contributed by atoms with Gasteiger partial charge < -0.3 is 0 Å². The number of pyridine rings is 1. The van der Waals surface area contributed by atoms with Gasteiger partial charge in [0.15, 0.2) is 0 Å². The number of nitrogens with one attached hydrogen (secondary N) is 1. The predicted molar refractivity (Wildman–Crippen MR) is 87.2 cm³/mol. The molecule has 0 fully saturated rings. The van der Waals surface area contributed by atoms with Crippen molar-refractivity contribution in [3.8, 4) is 0 Å². The third kappa shape index (κ3) is 3.02. The van der Waals surface area contributed by atoms with Gasteiger partial charge in [0.05, 0.1) is 11.1 Å². The molecule has 0 saturated heterocycles. The number of hydrogen-bond acceptors (Lipinski definition) is 5. The Morgan fingerprint density at radius 2 is 2.40 bits per heavy atom. The van der Waals surface area contributed by atoms with Gasteiger partial charge >= 0.3 is 0 Å². The largest absolute Gasteiger partial charge is 0.271 e. The maximum atomic E-state index is 6.18. The van der Waals surface area contributed by atoms with Gasteiger partial charge in [0, 0.05) is 27.9 Å². The molecule has 0 amide bonds. The van der Waals surface area contributed by atoms with Crippen molar-refractivity contribution in [3.05, 3.63) is 50.4 Å². The Balaban J connectivity index is 1.83. The Labute approximate surface area is 131 Å². The molecule has 3 rings (SSSR count). The van der Waals surface area contributed by atoms with Gasteiger partial charge in [0.1, 0.15) is 0 Å². The topological polar surface area (TPSA) is 50.9 Å². The lowest BCUT2D eigenvalue weighted by molar-refractivity contribution is 0.560. The average Bonchev–Trinajstić information content (AvgIpc) is 2.90. The van der Waals surface area contributed by atoms with Gasteiger partial charge in [-0.15, -0.1) is 11.3 Å². The number of nitrogens with zero attached hydrogens (tertiary/aromatic N) is 1. The number of nitrogens with two attached hydrogens (primary N) is 1. The van der Waals surface area contributed by atoms with E-state index in [1.54, 1.807) is 12.4 Å². The fourth-order valence-electron chi connectivity index (χ4n) is 2.37. The summed E-state index contributed by atoms with van der Waals surface area (Å²) in [6.07, 6.45) is 5.41. The van der Waals surface area contributed by atoms with E-state index in [0.29, 0.717) is 5.02 Å². The maximum absolute atomic E-state index is 6.18. The van der Waals surface area contributed by atoms with E-state index in [1.807, 2.05) is 29.2 Å². The second-order valence-electron chi connectivity index (χ2n) is 4.79. The zero-order chi connectivity index (χ0) is 13.9. The van der Waals surface area contributed by atoms with Crippen LogP contribution in [0.4, 0.5) is 0 Å². The van der Waals surface area contributed by atoms with Crippen LogP contribution in [0.15, 0.2) is 24.5 Å². The van der Waals surface area contributed by atoms with Crippen LogP contribution in [0.3, 0.4) is 0 Å². The molecule has 6 heteroatoms. The molecular weight excluding hydrogens is 310 g/mol. The summed E-state index contributed by atoms with van der Waals surface area (Å²) in [5, 5.41) is 0.699. The van der Waals surface area contributed by atoms with Crippen LogP contribution >= 0.6 is 34.7 Å². The van der Waals surface area contributed by atoms with E-state index in [9.17, 15) is 0 Å². The van der Waals surface area contributed by atoms with Gasteiger partial charge in [-0.25, -0.2) is 0 Å². The summed E-state index contributed by atoms with van der Waals surface area (Å²) >= 11 is 10.1. The number of fused-ring (bicyclic) bond motifs is 1. The van der Waals surface area contributed by atoms with Gasteiger partial charge in [-0.1, -0.05) is 11.6 Å². The van der Waals surface area contributed by atoms with Gasteiger partial charge in [0.25, 0.3) is 0 Å². The number of halogens is 1. The highest BCUT2D eigenvalue weighted by atomic mass is 35.5. The minimum atomic E-state index is 0.107. The highest BCUT2D eigenvalue weighted by molar-refractivity contribution is 7.98. The molecule has 2 aromatic heterocycles. The first-order chi connectivity index (χ1) is 9.78. The van der Waals surface area contributed by atoms with Crippen molar-refractivity contribution < 1.29 is 0 Å². The highest BCUT2D eigenvalue weighted by Crippen LogP contribution is 2.35. The number of rotatable bonds is 4. The van der Waals surface area contributed by atoms with E-state index in [4.69, 9.17) is 17.4 Å². The summed E-state index contributed by atoms with van der Waals surface area (Å²) in [7, 11) is 0. The summed E-state index contributed by atoms with van der Waals surface area (Å²) in [5.41, 5.74) is 5.48. The molecule has 3 N–H and O–H groups in total. The lowest BCUT2D eigenvalue weighted by Gasteiger charge is -2.14. The van der Waals surface area contributed by atoms with E-state index in [0.717, 1.165) is 17.7 Å². The van der Waals surface area contributed by atoms with Crippen LogP contribution in [-0.4, -0.2) is 10.7 Å². The molecule has 0 bridgehead atoms. The van der Waals surface area contributed by atoms with E-state index in [2.05, 4.69) is 16.5 Å². The van der Waals surface area contributed by atoms with Crippen molar-refractivity contribution in [2.45, 2.75) is 24.6 Å². The molecule has 0 aromatic carbocycles. The van der Waals surface area contributed by atoms with Crippen molar-refractivity contribution >= 4 is 34.7 Å². The first-order valence-corrected chi connectivity index (χ1v) is 8.86. The Bertz CT molecular complexity index is 576. The minimum Gasteiger partial charge on any atom is -0.271 e. The molecule has 0 radical (unpaired) electrons. The Hall–Kier alpha value is -0.590. The first kappa shape index (κ1) is 14.4. The summed E-state index contributed by atoms with van der Waals surface area (Å²) in [6, 6.07) is 4.36. The van der Waals surface area contributed by atoms with E-state index in [1.165, 1.54) is 27.5 Å². The van der Waals surface area contributed by atoms with Crippen LogP contribution in [0.5, 0.6) is 0 Å². The second kappa shape index (κ2) is 6.45. The molecular formula is C14H16ClN3S2. The van der Waals surface area contributed by atoms with Crippen LogP contribution in [0, 0.1) is 0 Å². The molecule has 1 unspecified atom stereocenters. The molecule has 1 aliphatic heterocycles. The lowest BCUT2D eigenvalue weighted by Crippen LogP contribution is -2.29. The number of aryl methyl sites for hydroxylation is 1. The van der Waals surface area contributed by atoms with Crippen molar-refractivity contribution in [1.82, 2.24) is 10.4 Å². The molecule has 0 saturated carbocycles. The Morgan fingerprint density at radius 1 is 1.50 bits per heavy atom. The Morgan fingerprint density at radius 3 is 3.15 bits per heavy atom. The number of thiophene rings is 1.